The molecule has 0 bridgehead atoms. The molecule has 1 saturated carbocycles. The molecule has 86 valence electrons. The maximum absolute atomic E-state index is 11.9. The molecule has 16 heavy (non-hydrogen) atoms. The van der Waals surface area contributed by atoms with Gasteiger partial charge in [-0.05, 0) is 24.3 Å². The summed E-state index contributed by atoms with van der Waals surface area (Å²) in [6.45, 7) is 0. The fourth-order valence-electron chi connectivity index (χ4n) is 2.68. The van der Waals surface area contributed by atoms with Crippen LogP contribution in [0.5, 0.6) is 0 Å². The van der Waals surface area contributed by atoms with Crippen molar-refractivity contribution in [3.8, 4) is 0 Å². The minimum atomic E-state index is -0.0851. The number of esters is 1. The molecule has 0 amide bonds. The molecule has 1 aliphatic carbocycles. The first-order chi connectivity index (χ1) is 7.83. The van der Waals surface area contributed by atoms with Crippen LogP contribution in [0.2, 0.25) is 0 Å². The van der Waals surface area contributed by atoms with Crippen molar-refractivity contribution in [2.24, 2.45) is 5.92 Å². The molecule has 2 nitrogen and oxygen atoms in total. The van der Waals surface area contributed by atoms with E-state index in [9.17, 15) is 4.79 Å². The lowest BCUT2D eigenvalue weighted by Gasteiger charge is -2.21. The quantitative estimate of drug-likeness (QED) is 0.728. The number of carbonyl (C=O) groups excluding carboxylic acids is 1. The maximum Gasteiger partial charge on any atom is 0.313 e. The van der Waals surface area contributed by atoms with Gasteiger partial charge in [0.25, 0.3) is 0 Å². The zero-order valence-electron chi connectivity index (χ0n) is 9.69. The first-order valence-electron chi connectivity index (χ1n) is 5.95. The largest absolute Gasteiger partial charge is 0.469 e. The molecule has 0 radical (unpaired) electrons. The van der Waals surface area contributed by atoms with Crippen molar-refractivity contribution >= 4 is 5.97 Å². The lowest BCUT2D eigenvalue weighted by Crippen LogP contribution is -2.21. The van der Waals surface area contributed by atoms with E-state index in [-0.39, 0.29) is 11.9 Å². The van der Waals surface area contributed by atoms with Crippen LogP contribution in [0.1, 0.15) is 37.2 Å². The smallest absolute Gasteiger partial charge is 0.313 e. The van der Waals surface area contributed by atoms with Crippen LogP contribution in [0.4, 0.5) is 0 Å². The van der Waals surface area contributed by atoms with Gasteiger partial charge in [-0.15, -0.1) is 0 Å². The fourth-order valence-corrected chi connectivity index (χ4v) is 2.68. The molecule has 1 fully saturated rings. The van der Waals surface area contributed by atoms with Gasteiger partial charge in [0.1, 0.15) is 0 Å². The standard InChI is InChI=1S/C14H18O2/c1-16-14(15)13(12-9-5-6-10-12)11-7-3-2-4-8-11/h2-4,7-8,12-13H,5-6,9-10H2,1H3/t13-/m0/s1. The minimum Gasteiger partial charge on any atom is -0.469 e. The number of rotatable bonds is 3. The zero-order chi connectivity index (χ0) is 11.4. The topological polar surface area (TPSA) is 26.3 Å². The summed E-state index contributed by atoms with van der Waals surface area (Å²) in [5.41, 5.74) is 1.10. The van der Waals surface area contributed by atoms with Gasteiger partial charge in [0, 0.05) is 0 Å². The molecule has 1 atom stereocenters. The molecular weight excluding hydrogens is 200 g/mol. The van der Waals surface area contributed by atoms with Crippen molar-refractivity contribution in [2.75, 3.05) is 7.11 Å². The summed E-state index contributed by atoms with van der Waals surface area (Å²) < 4.78 is 4.94. The fraction of sp³-hybridized carbons (Fsp3) is 0.500. The Balaban J connectivity index is 2.24. The van der Waals surface area contributed by atoms with E-state index in [1.807, 2.05) is 30.3 Å². The van der Waals surface area contributed by atoms with Crippen LogP contribution in [0.25, 0.3) is 0 Å². The highest BCUT2D eigenvalue weighted by Crippen LogP contribution is 2.37. The highest BCUT2D eigenvalue weighted by Gasteiger charge is 2.32. The summed E-state index contributed by atoms with van der Waals surface area (Å²) in [6, 6.07) is 10.0. The second-order valence-electron chi connectivity index (χ2n) is 4.46. The second-order valence-corrected chi connectivity index (χ2v) is 4.46. The monoisotopic (exact) mass is 218 g/mol. The Bertz CT molecular complexity index is 339. The SMILES string of the molecule is COC(=O)[C@@H](c1ccccc1)C1CCCC1. The number of hydrogen-bond acceptors (Lipinski definition) is 2. The van der Waals surface area contributed by atoms with Crippen LogP contribution < -0.4 is 0 Å². The van der Waals surface area contributed by atoms with E-state index in [0.717, 1.165) is 18.4 Å². The van der Waals surface area contributed by atoms with Crippen LogP contribution in [-0.4, -0.2) is 13.1 Å². The maximum atomic E-state index is 11.9. The molecule has 0 N–H and O–H groups in total. The molecular formula is C14H18O2. The van der Waals surface area contributed by atoms with Gasteiger partial charge in [-0.25, -0.2) is 0 Å². The molecule has 1 aromatic rings. The van der Waals surface area contributed by atoms with Crippen molar-refractivity contribution in [3.63, 3.8) is 0 Å². The van der Waals surface area contributed by atoms with E-state index in [2.05, 4.69) is 0 Å². The van der Waals surface area contributed by atoms with E-state index >= 15 is 0 Å². The average molecular weight is 218 g/mol. The minimum absolute atomic E-state index is 0.0614. The van der Waals surface area contributed by atoms with Crippen molar-refractivity contribution in [1.82, 2.24) is 0 Å². The highest BCUT2D eigenvalue weighted by molar-refractivity contribution is 5.78. The zero-order valence-corrected chi connectivity index (χ0v) is 9.69. The van der Waals surface area contributed by atoms with Crippen LogP contribution >= 0.6 is 0 Å². The van der Waals surface area contributed by atoms with Gasteiger partial charge in [0.2, 0.25) is 0 Å². The summed E-state index contributed by atoms with van der Waals surface area (Å²) in [5.74, 6) is 0.321. The van der Waals surface area contributed by atoms with Crippen LogP contribution in [-0.2, 0) is 9.53 Å². The third-order valence-corrected chi connectivity index (χ3v) is 3.49. The lowest BCUT2D eigenvalue weighted by atomic mass is 9.85. The van der Waals surface area contributed by atoms with Gasteiger partial charge in [0.05, 0.1) is 13.0 Å². The summed E-state index contributed by atoms with van der Waals surface area (Å²) in [5, 5.41) is 0. The predicted octanol–water partition coefficient (Wildman–Crippen LogP) is 3.13. The first kappa shape index (κ1) is 11.2. The summed E-state index contributed by atoms with van der Waals surface area (Å²) >= 11 is 0. The third-order valence-electron chi connectivity index (χ3n) is 3.49. The van der Waals surface area contributed by atoms with E-state index < -0.39 is 0 Å². The number of carbonyl (C=O) groups is 1. The Morgan fingerprint density at radius 1 is 1.25 bits per heavy atom. The van der Waals surface area contributed by atoms with Gasteiger partial charge in [0.15, 0.2) is 0 Å². The van der Waals surface area contributed by atoms with E-state index in [1.165, 1.54) is 20.0 Å². The summed E-state index contributed by atoms with van der Waals surface area (Å²) in [4.78, 5) is 11.9. The Labute approximate surface area is 96.6 Å². The van der Waals surface area contributed by atoms with Crippen molar-refractivity contribution in [3.05, 3.63) is 35.9 Å². The van der Waals surface area contributed by atoms with Gasteiger partial charge < -0.3 is 4.74 Å². The Hall–Kier alpha value is -1.31. The summed E-state index contributed by atoms with van der Waals surface area (Å²) in [7, 11) is 1.48. The van der Waals surface area contributed by atoms with E-state index in [1.54, 1.807) is 0 Å². The van der Waals surface area contributed by atoms with Crippen molar-refractivity contribution in [2.45, 2.75) is 31.6 Å². The molecule has 0 heterocycles. The molecule has 0 spiro atoms. The van der Waals surface area contributed by atoms with Crippen molar-refractivity contribution < 1.29 is 9.53 Å². The molecule has 0 aliphatic heterocycles. The van der Waals surface area contributed by atoms with Crippen LogP contribution in [0.15, 0.2) is 30.3 Å². The van der Waals surface area contributed by atoms with Gasteiger partial charge in [-0.2, -0.15) is 0 Å². The average Bonchev–Trinajstić information content (AvgIpc) is 2.84. The normalized spacial score (nSPS) is 18.3. The van der Waals surface area contributed by atoms with Gasteiger partial charge >= 0.3 is 5.97 Å². The number of methoxy groups -OCH3 is 1. The number of hydrogen-bond donors (Lipinski definition) is 0. The van der Waals surface area contributed by atoms with E-state index in [0.29, 0.717) is 5.92 Å². The number of ether oxygens (including phenoxy) is 1. The second kappa shape index (κ2) is 5.15. The molecule has 0 saturated heterocycles. The Morgan fingerprint density at radius 3 is 2.44 bits per heavy atom. The van der Waals surface area contributed by atoms with Gasteiger partial charge in [-0.1, -0.05) is 43.2 Å². The van der Waals surface area contributed by atoms with Crippen LogP contribution in [0, 0.1) is 5.92 Å². The third kappa shape index (κ3) is 2.26. The summed E-state index contributed by atoms with van der Waals surface area (Å²) in [6.07, 6.45) is 4.78. The molecule has 0 unspecified atom stereocenters. The van der Waals surface area contributed by atoms with Gasteiger partial charge in [-0.3, -0.25) is 4.79 Å². The van der Waals surface area contributed by atoms with E-state index in [4.69, 9.17) is 4.74 Å². The Kier molecular flexibility index (Phi) is 3.60. The highest BCUT2D eigenvalue weighted by atomic mass is 16.5. The van der Waals surface area contributed by atoms with Crippen molar-refractivity contribution in [1.29, 1.82) is 0 Å². The predicted molar refractivity (Wildman–Crippen MR) is 63.2 cm³/mol. The lowest BCUT2D eigenvalue weighted by molar-refractivity contribution is -0.143. The molecule has 1 aliphatic rings. The first-order valence-corrected chi connectivity index (χ1v) is 5.95. The molecule has 0 aromatic heterocycles. The molecule has 1 aromatic carbocycles. The Morgan fingerprint density at radius 2 is 1.88 bits per heavy atom. The molecule has 2 rings (SSSR count). The molecule has 2 heteroatoms. The van der Waals surface area contributed by atoms with Crippen LogP contribution in [0.3, 0.4) is 0 Å². The number of benzene rings is 1.